The number of carbonyl (C=O) groups is 4. The summed E-state index contributed by atoms with van der Waals surface area (Å²) in [6.07, 6.45) is 6.07. The second-order valence-corrected chi connectivity index (χ2v) is 19.2. The van der Waals surface area contributed by atoms with Crippen LogP contribution in [-0.4, -0.2) is 122 Å². The van der Waals surface area contributed by atoms with Gasteiger partial charge in [0.25, 0.3) is 5.56 Å². The Morgan fingerprint density at radius 3 is 2.33 bits per heavy atom. The molecule has 1 aliphatic carbocycles. The Balaban J connectivity index is 1.20. The minimum Gasteiger partial charge on any atom is -0.444 e. The number of aryl methyl sites for hydroxylation is 1. The van der Waals surface area contributed by atoms with Crippen molar-refractivity contribution in [1.29, 1.82) is 0 Å². The van der Waals surface area contributed by atoms with Crippen LogP contribution in [0.4, 0.5) is 10.7 Å². The molecule has 17 nitrogen and oxygen atoms in total. The molecule has 0 radical (unpaired) electrons. The molecule has 4 atom stereocenters. The van der Waals surface area contributed by atoms with E-state index in [0.717, 1.165) is 54.3 Å². The first-order valence-electron chi connectivity index (χ1n) is 23.0. The molecule has 8 rings (SSSR count). The number of H-pyrrole nitrogens is 1. The minimum atomic E-state index is -1.38. The van der Waals surface area contributed by atoms with Gasteiger partial charge in [0.15, 0.2) is 5.60 Å². The van der Waals surface area contributed by atoms with Gasteiger partial charge in [-0.25, -0.2) is 14.8 Å². The van der Waals surface area contributed by atoms with Crippen molar-refractivity contribution in [3.8, 4) is 11.1 Å². The largest absolute Gasteiger partial charge is 0.444 e. The highest BCUT2D eigenvalue weighted by atomic mass is 16.6. The molecular weight excluding hydrogens is 841 g/mol. The number of nitrogens with zero attached hydrogens (tertiary/aromatic N) is 6. The summed E-state index contributed by atoms with van der Waals surface area (Å²) in [5.74, 6) is -1.30. The maximum atomic E-state index is 14.0. The molecule has 5 N–H and O–H groups in total. The number of nitrogens with two attached hydrogens (primary N) is 1. The third-order valence-corrected chi connectivity index (χ3v) is 12.9. The lowest BCUT2D eigenvalue weighted by molar-refractivity contribution is -0.131. The Morgan fingerprint density at radius 1 is 0.939 bits per heavy atom. The van der Waals surface area contributed by atoms with Crippen molar-refractivity contribution < 1.29 is 28.7 Å². The number of hydrogen-bond acceptors (Lipinski definition) is 11. The molecule has 2 saturated heterocycles. The average molecular weight is 903 g/mol. The summed E-state index contributed by atoms with van der Waals surface area (Å²) in [4.78, 5) is 85.0. The van der Waals surface area contributed by atoms with Gasteiger partial charge in [-0.15, -0.1) is 0 Å². The third-order valence-electron chi connectivity index (χ3n) is 12.9. The quantitative estimate of drug-likeness (QED) is 0.127. The first-order valence-corrected chi connectivity index (χ1v) is 23.0. The molecule has 3 aliphatic rings. The molecule has 350 valence electrons. The Hall–Kier alpha value is -6.33. The molecule has 1 saturated carbocycles. The highest BCUT2D eigenvalue weighted by molar-refractivity contribution is 5.97. The zero-order chi connectivity index (χ0) is 47.1. The summed E-state index contributed by atoms with van der Waals surface area (Å²) in [7, 11) is 1.72. The molecule has 3 aromatic heterocycles. The zero-order valence-corrected chi connectivity index (χ0v) is 38.9. The number of piperazine rings is 1. The normalized spacial score (nSPS) is 19.9. The van der Waals surface area contributed by atoms with Gasteiger partial charge in [0, 0.05) is 87.0 Å². The predicted octanol–water partition coefficient (Wildman–Crippen LogP) is 4.69. The number of aromatic nitrogens is 4. The second kappa shape index (κ2) is 18.5. The van der Waals surface area contributed by atoms with Crippen molar-refractivity contribution in [2.75, 3.05) is 37.6 Å². The number of aromatic amines is 1. The van der Waals surface area contributed by atoms with Gasteiger partial charge in [0.1, 0.15) is 17.2 Å². The summed E-state index contributed by atoms with van der Waals surface area (Å²) >= 11 is 0. The molecule has 2 aliphatic heterocycles. The van der Waals surface area contributed by atoms with E-state index in [9.17, 15) is 24.0 Å². The van der Waals surface area contributed by atoms with Gasteiger partial charge in [-0.1, -0.05) is 36.4 Å². The summed E-state index contributed by atoms with van der Waals surface area (Å²) in [6, 6.07) is 16.7. The van der Waals surface area contributed by atoms with E-state index in [2.05, 4.69) is 39.3 Å². The second-order valence-electron chi connectivity index (χ2n) is 19.2. The number of nitrogens with one attached hydrogen (secondary N) is 3. The summed E-state index contributed by atoms with van der Waals surface area (Å²) in [5, 5.41) is 7.07. The van der Waals surface area contributed by atoms with Gasteiger partial charge in [-0.2, -0.15) is 0 Å². The molecule has 3 fully saturated rings. The van der Waals surface area contributed by atoms with Crippen molar-refractivity contribution in [1.82, 2.24) is 40.0 Å². The number of piperidine rings is 1. The van der Waals surface area contributed by atoms with Crippen molar-refractivity contribution in [2.45, 2.75) is 115 Å². The van der Waals surface area contributed by atoms with Gasteiger partial charge < -0.3 is 45.2 Å². The number of pyridine rings is 1. The molecule has 5 aromatic rings. The van der Waals surface area contributed by atoms with Gasteiger partial charge in [0.2, 0.25) is 23.7 Å². The third kappa shape index (κ3) is 9.77. The summed E-state index contributed by atoms with van der Waals surface area (Å²) in [5.41, 5.74) is 7.51. The average Bonchev–Trinajstić information content (AvgIpc) is 3.96. The van der Waals surface area contributed by atoms with E-state index in [4.69, 9.17) is 25.2 Å². The lowest BCUT2D eigenvalue weighted by atomic mass is 9.86. The van der Waals surface area contributed by atoms with E-state index in [-0.39, 0.29) is 42.4 Å². The van der Waals surface area contributed by atoms with Crippen LogP contribution in [0.5, 0.6) is 0 Å². The number of benzene rings is 2. The van der Waals surface area contributed by atoms with Crippen LogP contribution in [0.2, 0.25) is 0 Å². The highest BCUT2D eigenvalue weighted by Crippen LogP contribution is 2.43. The van der Waals surface area contributed by atoms with Gasteiger partial charge >= 0.3 is 6.09 Å². The van der Waals surface area contributed by atoms with Gasteiger partial charge in [-0.3, -0.25) is 24.1 Å². The van der Waals surface area contributed by atoms with Crippen LogP contribution < -0.4 is 26.8 Å². The van der Waals surface area contributed by atoms with Crippen LogP contribution in [0, 0.1) is 0 Å². The highest BCUT2D eigenvalue weighted by Gasteiger charge is 2.45. The van der Waals surface area contributed by atoms with E-state index < -0.39 is 41.4 Å². The van der Waals surface area contributed by atoms with Crippen LogP contribution in [0.25, 0.3) is 32.9 Å². The fourth-order valence-electron chi connectivity index (χ4n) is 9.52. The van der Waals surface area contributed by atoms with Crippen LogP contribution in [0.3, 0.4) is 0 Å². The Kier molecular flexibility index (Phi) is 13.0. The number of primary amides is 1. The standard InChI is InChI=1S/C49H62N10O7/c1-29-26-59(47(64)66-48(4,5)6)30(2)25-58(29)34-18-21-57(22-19-34)46-54-39-16-13-32(38-27-56(7)45(63)42-36(38)17-20-51-42)23-37(39)43(55-46)49(65-35-14-15-35,33-11-9-8-10-12-33)28-52-44(62)40(24-41(50)61)53-31(3)60/h8-13,16-17,20,23,27,29-30,34-35,40,51H,14-15,18-19,21-22,24-26,28H2,1-7H3,(H2,50,61)(H,52,62)(H,53,60)/t29-,30+,40-,49-/m0/s1. The molecule has 0 unspecified atom stereocenters. The van der Waals surface area contributed by atoms with E-state index in [1.54, 1.807) is 17.8 Å². The molecular formula is C49H62N10O7. The first-order chi connectivity index (χ1) is 31.4. The Bertz CT molecular complexity index is 2670. The lowest BCUT2D eigenvalue weighted by Gasteiger charge is -2.49. The van der Waals surface area contributed by atoms with Crippen molar-refractivity contribution >= 4 is 51.6 Å². The SMILES string of the molecule is CC(=O)N[C@@H](CC(N)=O)C(=O)NC[C@](OC1CC1)(c1ccccc1)c1nc(N2CCC(N3C[C@@H](C)N(C(=O)OC(C)(C)C)C[C@@H]3C)CC2)nc2ccc(-c3cn(C)c(=O)c4[nH]ccc34)cc12. The number of amides is 4. The van der Waals surface area contributed by atoms with Crippen molar-refractivity contribution in [3.63, 3.8) is 0 Å². The number of ether oxygens (including phenoxy) is 2. The molecule has 66 heavy (non-hydrogen) atoms. The zero-order valence-electron chi connectivity index (χ0n) is 38.9. The number of hydrogen-bond donors (Lipinski definition) is 4. The topological polar surface area (TPSA) is 210 Å². The van der Waals surface area contributed by atoms with E-state index in [1.807, 2.05) is 86.5 Å². The Morgan fingerprint density at radius 2 is 1.67 bits per heavy atom. The summed E-state index contributed by atoms with van der Waals surface area (Å²) in [6.45, 7) is 13.8. The number of carbonyl (C=O) groups excluding carboxylic acids is 4. The van der Waals surface area contributed by atoms with Crippen LogP contribution in [0.15, 0.2) is 71.8 Å². The fraction of sp³-hybridized carbons (Fsp3) is 0.490. The van der Waals surface area contributed by atoms with Crippen molar-refractivity contribution in [2.24, 2.45) is 12.8 Å². The number of rotatable bonds is 13. The van der Waals surface area contributed by atoms with E-state index >= 15 is 0 Å². The smallest absolute Gasteiger partial charge is 0.410 e. The molecule has 0 spiro atoms. The molecule has 4 amide bonds. The van der Waals surface area contributed by atoms with Crippen LogP contribution in [-0.2, 0) is 36.5 Å². The molecule has 5 heterocycles. The van der Waals surface area contributed by atoms with E-state index in [0.29, 0.717) is 47.7 Å². The maximum absolute atomic E-state index is 14.0. The predicted molar refractivity (Wildman–Crippen MR) is 252 cm³/mol. The molecule has 17 heteroatoms. The summed E-state index contributed by atoms with van der Waals surface area (Å²) < 4.78 is 14.5. The van der Waals surface area contributed by atoms with Crippen LogP contribution >= 0.6 is 0 Å². The first kappa shape index (κ1) is 46.2. The molecule has 2 aromatic carbocycles. The monoisotopic (exact) mass is 902 g/mol. The maximum Gasteiger partial charge on any atom is 0.410 e. The molecule has 0 bridgehead atoms. The van der Waals surface area contributed by atoms with Gasteiger partial charge in [0.05, 0.1) is 30.3 Å². The lowest BCUT2D eigenvalue weighted by Crippen LogP contribution is -2.62. The minimum absolute atomic E-state index is 0.0122. The Labute approximate surface area is 384 Å². The van der Waals surface area contributed by atoms with Gasteiger partial charge in [-0.05, 0) is 89.6 Å². The van der Waals surface area contributed by atoms with Crippen LogP contribution in [0.1, 0.15) is 84.9 Å². The fourth-order valence-corrected chi connectivity index (χ4v) is 9.52. The van der Waals surface area contributed by atoms with Crippen molar-refractivity contribution in [3.05, 3.63) is 88.6 Å². The number of fused-ring (bicyclic) bond motifs is 2. The number of anilines is 1. The van der Waals surface area contributed by atoms with E-state index in [1.165, 1.54) is 6.92 Å².